The molecule has 1 aromatic heterocycles. The Morgan fingerprint density at radius 3 is 2.40 bits per heavy atom. The van der Waals surface area contributed by atoms with Crippen LogP contribution in [0.3, 0.4) is 0 Å². The normalized spacial score (nSPS) is 10.4. The van der Waals surface area contributed by atoms with E-state index in [-0.39, 0.29) is 22.4 Å². The Hall–Kier alpha value is -1.75. The van der Waals surface area contributed by atoms with Crippen LogP contribution in [0, 0.1) is 0 Å². The molecule has 5 heteroatoms. The molecule has 78 valence electrons. The van der Waals surface area contributed by atoms with Gasteiger partial charge in [-0.25, -0.2) is 0 Å². The molecular weight excluding hydrogens is 214 g/mol. The molecule has 0 atom stereocenters. The van der Waals surface area contributed by atoms with Crippen molar-refractivity contribution in [2.24, 2.45) is 0 Å². The molecule has 0 bridgehead atoms. The van der Waals surface area contributed by atoms with Crippen molar-refractivity contribution in [3.63, 3.8) is 0 Å². The fraction of sp³-hybridized carbons (Fsp3) is 0.100. The van der Waals surface area contributed by atoms with Gasteiger partial charge in [-0.3, -0.25) is 9.36 Å². The number of rotatable bonds is 2. The maximum absolute atomic E-state index is 11.3. The van der Waals surface area contributed by atoms with Gasteiger partial charge in [0.15, 0.2) is 0 Å². The molecule has 1 heterocycles. The van der Waals surface area contributed by atoms with Crippen LogP contribution in [0.15, 0.2) is 35.1 Å². The second-order valence-electron chi connectivity index (χ2n) is 3.07. The van der Waals surface area contributed by atoms with Crippen LogP contribution in [0.2, 0.25) is 0 Å². The van der Waals surface area contributed by atoms with E-state index >= 15 is 0 Å². The van der Waals surface area contributed by atoms with Gasteiger partial charge < -0.3 is 10.2 Å². The smallest absolute Gasteiger partial charge is 0.313 e. The van der Waals surface area contributed by atoms with E-state index in [1.165, 1.54) is 0 Å². The van der Waals surface area contributed by atoms with Gasteiger partial charge >= 0.3 is 4.87 Å². The third-order valence-corrected chi connectivity index (χ3v) is 2.81. The molecule has 0 aliphatic carbocycles. The molecule has 2 rings (SSSR count). The summed E-state index contributed by atoms with van der Waals surface area (Å²) >= 11 is 0.628. The van der Waals surface area contributed by atoms with Crippen LogP contribution >= 0.6 is 11.3 Å². The number of thiazole rings is 1. The van der Waals surface area contributed by atoms with Gasteiger partial charge in [0.05, 0.1) is 6.54 Å². The zero-order chi connectivity index (χ0) is 10.8. The quantitative estimate of drug-likeness (QED) is 0.808. The van der Waals surface area contributed by atoms with Crippen LogP contribution in [0.1, 0.15) is 5.56 Å². The molecule has 0 saturated heterocycles. The standard InChI is InChI=1S/C10H9NO3S/c12-8-9(13)15-10(14)11(8)6-7-4-2-1-3-5-7/h1-5,12-13H,6H2. The molecule has 2 aromatic rings. The van der Waals surface area contributed by atoms with E-state index in [2.05, 4.69) is 0 Å². The number of aromatic hydroxyl groups is 2. The minimum Gasteiger partial charge on any atom is -0.496 e. The van der Waals surface area contributed by atoms with Crippen LogP contribution in [-0.4, -0.2) is 14.8 Å². The molecule has 4 nitrogen and oxygen atoms in total. The third kappa shape index (κ3) is 1.87. The largest absolute Gasteiger partial charge is 0.496 e. The molecule has 0 saturated carbocycles. The highest BCUT2D eigenvalue weighted by Gasteiger charge is 2.12. The number of hydrogen-bond donors (Lipinski definition) is 2. The van der Waals surface area contributed by atoms with Crippen molar-refractivity contribution in [1.29, 1.82) is 0 Å². The van der Waals surface area contributed by atoms with Crippen LogP contribution in [0.25, 0.3) is 0 Å². The molecule has 0 radical (unpaired) electrons. The van der Waals surface area contributed by atoms with Gasteiger partial charge in [0.25, 0.3) is 0 Å². The lowest BCUT2D eigenvalue weighted by atomic mass is 10.2. The fourth-order valence-corrected chi connectivity index (χ4v) is 1.92. The summed E-state index contributed by atoms with van der Waals surface area (Å²) in [6, 6.07) is 9.27. The zero-order valence-electron chi connectivity index (χ0n) is 7.75. The second-order valence-corrected chi connectivity index (χ2v) is 4.01. The summed E-state index contributed by atoms with van der Waals surface area (Å²) in [6.45, 7) is 0.266. The number of hydrogen-bond acceptors (Lipinski definition) is 4. The van der Waals surface area contributed by atoms with E-state index in [4.69, 9.17) is 5.11 Å². The SMILES string of the molecule is O=c1sc(O)c(O)n1Cc1ccccc1. The maximum Gasteiger partial charge on any atom is 0.313 e. The van der Waals surface area contributed by atoms with Gasteiger partial charge in [0.1, 0.15) is 0 Å². The van der Waals surface area contributed by atoms with Gasteiger partial charge in [-0.1, -0.05) is 30.3 Å². The summed E-state index contributed by atoms with van der Waals surface area (Å²) in [6.07, 6.45) is 0. The molecule has 15 heavy (non-hydrogen) atoms. The van der Waals surface area contributed by atoms with Crippen LogP contribution in [0.5, 0.6) is 10.9 Å². The van der Waals surface area contributed by atoms with Crippen molar-refractivity contribution in [3.8, 4) is 10.9 Å². The molecule has 0 aliphatic heterocycles. The number of nitrogens with zero attached hydrogens (tertiary/aromatic N) is 1. The topological polar surface area (TPSA) is 62.5 Å². The fourth-order valence-electron chi connectivity index (χ4n) is 1.29. The summed E-state index contributed by atoms with van der Waals surface area (Å²) in [5.74, 6) is -0.367. The summed E-state index contributed by atoms with van der Waals surface area (Å²) in [7, 11) is 0. The van der Waals surface area contributed by atoms with Gasteiger partial charge in [-0.15, -0.1) is 0 Å². The van der Waals surface area contributed by atoms with Crippen LogP contribution in [-0.2, 0) is 6.54 Å². The third-order valence-electron chi connectivity index (χ3n) is 2.03. The minimum absolute atomic E-state index is 0.266. The molecule has 0 fully saturated rings. The van der Waals surface area contributed by atoms with E-state index in [0.717, 1.165) is 10.1 Å². The Balaban J connectivity index is 2.37. The molecule has 2 N–H and O–H groups in total. The Labute approximate surface area is 89.7 Å². The average Bonchev–Trinajstić information content (AvgIpc) is 2.47. The molecule has 1 aromatic carbocycles. The van der Waals surface area contributed by atoms with E-state index in [1.807, 2.05) is 30.3 Å². The van der Waals surface area contributed by atoms with Gasteiger partial charge in [0.2, 0.25) is 10.9 Å². The predicted octanol–water partition coefficient (Wildman–Crippen LogP) is 1.37. The lowest BCUT2D eigenvalue weighted by Gasteiger charge is -2.02. The summed E-state index contributed by atoms with van der Waals surface area (Å²) < 4.78 is 1.13. The molecule has 0 spiro atoms. The van der Waals surface area contributed by atoms with Crippen molar-refractivity contribution >= 4 is 11.3 Å². The Morgan fingerprint density at radius 2 is 1.87 bits per heavy atom. The Kier molecular flexibility index (Phi) is 2.47. The van der Waals surface area contributed by atoms with E-state index in [9.17, 15) is 9.90 Å². The van der Waals surface area contributed by atoms with Crippen molar-refractivity contribution in [2.45, 2.75) is 6.54 Å². The predicted molar refractivity (Wildman–Crippen MR) is 57.5 cm³/mol. The Bertz CT molecular complexity index is 515. The summed E-state index contributed by atoms with van der Waals surface area (Å²) in [5, 5.41) is 18.2. The first-order chi connectivity index (χ1) is 7.18. The summed E-state index contributed by atoms with van der Waals surface area (Å²) in [5.41, 5.74) is 0.896. The zero-order valence-corrected chi connectivity index (χ0v) is 8.57. The van der Waals surface area contributed by atoms with Gasteiger partial charge in [0, 0.05) is 0 Å². The number of benzene rings is 1. The molecule has 0 amide bonds. The van der Waals surface area contributed by atoms with E-state index in [0.29, 0.717) is 11.3 Å². The lowest BCUT2D eigenvalue weighted by molar-refractivity contribution is 0.378. The van der Waals surface area contributed by atoms with Crippen LogP contribution < -0.4 is 4.87 Å². The average molecular weight is 223 g/mol. The van der Waals surface area contributed by atoms with Crippen molar-refractivity contribution in [3.05, 3.63) is 45.6 Å². The van der Waals surface area contributed by atoms with E-state index < -0.39 is 0 Å². The van der Waals surface area contributed by atoms with Gasteiger partial charge in [-0.2, -0.15) is 0 Å². The monoisotopic (exact) mass is 223 g/mol. The van der Waals surface area contributed by atoms with Crippen molar-refractivity contribution < 1.29 is 10.2 Å². The lowest BCUT2D eigenvalue weighted by Crippen LogP contribution is -2.12. The highest BCUT2D eigenvalue weighted by Crippen LogP contribution is 2.27. The van der Waals surface area contributed by atoms with Crippen molar-refractivity contribution in [1.82, 2.24) is 4.57 Å². The highest BCUT2D eigenvalue weighted by molar-refractivity contribution is 7.11. The second kappa shape index (κ2) is 3.78. The molecular formula is C10H9NO3S. The molecule has 0 aliphatic rings. The maximum atomic E-state index is 11.3. The highest BCUT2D eigenvalue weighted by atomic mass is 32.1. The van der Waals surface area contributed by atoms with Crippen molar-refractivity contribution in [2.75, 3.05) is 0 Å². The van der Waals surface area contributed by atoms with Crippen LogP contribution in [0.4, 0.5) is 0 Å². The van der Waals surface area contributed by atoms with E-state index in [1.54, 1.807) is 0 Å². The minimum atomic E-state index is -0.367. The first-order valence-electron chi connectivity index (χ1n) is 4.34. The van der Waals surface area contributed by atoms with Gasteiger partial charge in [-0.05, 0) is 16.9 Å². The first-order valence-corrected chi connectivity index (χ1v) is 5.15. The number of aromatic nitrogens is 1. The molecule has 0 unspecified atom stereocenters. The summed E-state index contributed by atoms with van der Waals surface area (Å²) in [4.78, 5) is 11.0. The Morgan fingerprint density at radius 1 is 1.20 bits per heavy atom. The first kappa shape index (κ1) is 9.79.